The van der Waals surface area contributed by atoms with Gasteiger partial charge in [0, 0.05) is 12.6 Å². The fraction of sp³-hybridized carbons (Fsp3) is 1.00. The molecule has 0 aromatic carbocycles. The second-order valence-electron chi connectivity index (χ2n) is 4.99. The molecule has 1 heterocycles. The van der Waals surface area contributed by atoms with E-state index in [0.29, 0.717) is 0 Å². The zero-order chi connectivity index (χ0) is 8.77. The second kappa shape index (κ2) is 2.71. The van der Waals surface area contributed by atoms with Crippen LogP contribution in [-0.2, 0) is 0 Å². The molecule has 2 nitrogen and oxygen atoms in total. The molecule has 0 radical (unpaired) electrons. The molecule has 2 aliphatic rings. The van der Waals surface area contributed by atoms with Gasteiger partial charge in [-0.15, -0.1) is 0 Å². The van der Waals surface area contributed by atoms with E-state index in [2.05, 4.69) is 4.90 Å². The molecule has 1 aliphatic carbocycles. The van der Waals surface area contributed by atoms with Crippen LogP contribution >= 0.6 is 0 Å². The first kappa shape index (κ1) is 8.52. The van der Waals surface area contributed by atoms with Gasteiger partial charge in [-0.2, -0.15) is 0 Å². The molecule has 70 valence electrons. The Morgan fingerprint density at radius 1 is 1.50 bits per heavy atom. The molecular formula is C10H19NO. The van der Waals surface area contributed by atoms with Crippen molar-refractivity contribution in [1.82, 2.24) is 4.90 Å². The highest BCUT2D eigenvalue weighted by molar-refractivity contribution is 4.99. The van der Waals surface area contributed by atoms with Crippen molar-refractivity contribution in [2.75, 3.05) is 13.1 Å². The lowest BCUT2D eigenvalue weighted by Crippen LogP contribution is -2.42. The SMILES string of the molecule is CC(C)(O)CN1CCCC2CC21. The summed E-state index contributed by atoms with van der Waals surface area (Å²) in [6.45, 7) is 5.86. The lowest BCUT2D eigenvalue weighted by molar-refractivity contribution is 0.0263. The Hall–Kier alpha value is -0.0800. The number of hydrogen-bond acceptors (Lipinski definition) is 2. The minimum absolute atomic E-state index is 0.509. The molecule has 1 saturated carbocycles. The maximum Gasteiger partial charge on any atom is 0.0718 e. The molecule has 0 aromatic rings. The highest BCUT2D eigenvalue weighted by Crippen LogP contribution is 2.43. The van der Waals surface area contributed by atoms with Gasteiger partial charge in [0.15, 0.2) is 0 Å². The number of hydrogen-bond donors (Lipinski definition) is 1. The van der Waals surface area contributed by atoms with Crippen molar-refractivity contribution in [2.24, 2.45) is 5.92 Å². The van der Waals surface area contributed by atoms with Crippen molar-refractivity contribution < 1.29 is 5.11 Å². The zero-order valence-corrected chi connectivity index (χ0v) is 8.08. The maximum atomic E-state index is 9.66. The van der Waals surface area contributed by atoms with Crippen LogP contribution in [0.2, 0.25) is 0 Å². The largest absolute Gasteiger partial charge is 0.389 e. The van der Waals surface area contributed by atoms with E-state index in [1.165, 1.54) is 25.8 Å². The van der Waals surface area contributed by atoms with Crippen molar-refractivity contribution >= 4 is 0 Å². The molecule has 0 spiro atoms. The Kier molecular flexibility index (Phi) is 1.92. The van der Waals surface area contributed by atoms with Gasteiger partial charge < -0.3 is 5.11 Å². The summed E-state index contributed by atoms with van der Waals surface area (Å²) in [5.41, 5.74) is -0.509. The third-order valence-corrected chi connectivity index (χ3v) is 2.96. The van der Waals surface area contributed by atoms with Crippen LogP contribution in [-0.4, -0.2) is 34.7 Å². The van der Waals surface area contributed by atoms with Gasteiger partial charge in [0.1, 0.15) is 0 Å². The molecule has 0 aromatic heterocycles. The molecule has 12 heavy (non-hydrogen) atoms. The van der Waals surface area contributed by atoms with Crippen LogP contribution < -0.4 is 0 Å². The maximum absolute atomic E-state index is 9.66. The summed E-state index contributed by atoms with van der Waals surface area (Å²) in [5.74, 6) is 0.973. The minimum Gasteiger partial charge on any atom is -0.389 e. The summed E-state index contributed by atoms with van der Waals surface area (Å²) in [7, 11) is 0. The first-order valence-corrected chi connectivity index (χ1v) is 5.03. The van der Waals surface area contributed by atoms with Gasteiger partial charge >= 0.3 is 0 Å². The van der Waals surface area contributed by atoms with E-state index in [4.69, 9.17) is 0 Å². The van der Waals surface area contributed by atoms with E-state index < -0.39 is 5.60 Å². The van der Waals surface area contributed by atoms with Crippen LogP contribution in [0.15, 0.2) is 0 Å². The molecule has 2 rings (SSSR count). The number of β-amino-alcohol motifs (C(OH)–C–C–N with tert-alkyl or cyclic N) is 1. The van der Waals surface area contributed by atoms with E-state index in [1.54, 1.807) is 0 Å². The number of aliphatic hydroxyl groups is 1. The normalized spacial score (nSPS) is 36.2. The molecule has 0 amide bonds. The summed E-state index contributed by atoms with van der Waals surface area (Å²) >= 11 is 0. The van der Waals surface area contributed by atoms with Crippen molar-refractivity contribution in [3.63, 3.8) is 0 Å². The van der Waals surface area contributed by atoms with E-state index in [0.717, 1.165) is 18.5 Å². The van der Waals surface area contributed by atoms with E-state index >= 15 is 0 Å². The summed E-state index contributed by atoms with van der Waals surface area (Å²) in [6, 6.07) is 0.824. The Morgan fingerprint density at radius 3 is 2.92 bits per heavy atom. The molecule has 2 unspecified atom stereocenters. The Bertz CT molecular complexity index is 173. The van der Waals surface area contributed by atoms with Gasteiger partial charge in [-0.3, -0.25) is 4.90 Å². The predicted octanol–water partition coefficient (Wildman–Crippen LogP) is 1.24. The number of likely N-dealkylation sites (tertiary alicyclic amines) is 1. The predicted molar refractivity (Wildman–Crippen MR) is 49.0 cm³/mol. The number of piperidine rings is 1. The molecule has 2 heteroatoms. The van der Waals surface area contributed by atoms with E-state index in [9.17, 15) is 5.11 Å². The first-order valence-electron chi connectivity index (χ1n) is 5.03. The average Bonchev–Trinajstić information content (AvgIpc) is 2.62. The fourth-order valence-corrected chi connectivity index (χ4v) is 2.40. The van der Waals surface area contributed by atoms with Crippen LogP contribution in [0, 0.1) is 5.92 Å². The Balaban J connectivity index is 1.87. The molecule has 1 aliphatic heterocycles. The molecule has 2 atom stereocenters. The van der Waals surface area contributed by atoms with Crippen molar-refractivity contribution in [3.05, 3.63) is 0 Å². The quantitative estimate of drug-likeness (QED) is 0.672. The monoisotopic (exact) mass is 169 g/mol. The van der Waals surface area contributed by atoms with Gasteiger partial charge in [0.2, 0.25) is 0 Å². The highest BCUT2D eigenvalue weighted by Gasteiger charge is 2.44. The van der Waals surface area contributed by atoms with Crippen LogP contribution in [0.4, 0.5) is 0 Å². The molecule has 0 bridgehead atoms. The highest BCUT2D eigenvalue weighted by atomic mass is 16.3. The molecule has 2 fully saturated rings. The van der Waals surface area contributed by atoms with Gasteiger partial charge in [-0.25, -0.2) is 0 Å². The van der Waals surface area contributed by atoms with E-state index in [-0.39, 0.29) is 0 Å². The van der Waals surface area contributed by atoms with E-state index in [1.807, 2.05) is 13.8 Å². The topological polar surface area (TPSA) is 23.5 Å². The number of fused-ring (bicyclic) bond motifs is 1. The third-order valence-electron chi connectivity index (χ3n) is 2.96. The minimum atomic E-state index is -0.509. The second-order valence-corrected chi connectivity index (χ2v) is 4.99. The third kappa shape index (κ3) is 1.80. The summed E-state index contributed by atoms with van der Waals surface area (Å²) in [6.07, 6.45) is 4.14. The standard InChI is InChI=1S/C10H19NO/c1-10(2,12)7-11-5-3-4-8-6-9(8)11/h8-9,12H,3-7H2,1-2H3. The van der Waals surface area contributed by atoms with Crippen LogP contribution in [0.3, 0.4) is 0 Å². The Morgan fingerprint density at radius 2 is 2.25 bits per heavy atom. The first-order chi connectivity index (χ1) is 5.56. The lowest BCUT2D eigenvalue weighted by Gasteiger charge is -2.31. The zero-order valence-electron chi connectivity index (χ0n) is 8.08. The smallest absolute Gasteiger partial charge is 0.0718 e. The van der Waals surface area contributed by atoms with Crippen LogP contribution in [0.5, 0.6) is 0 Å². The van der Waals surface area contributed by atoms with Crippen LogP contribution in [0.25, 0.3) is 0 Å². The summed E-state index contributed by atoms with van der Waals surface area (Å²) in [4.78, 5) is 2.47. The van der Waals surface area contributed by atoms with Gasteiger partial charge in [-0.1, -0.05) is 0 Å². The van der Waals surface area contributed by atoms with Crippen molar-refractivity contribution in [3.8, 4) is 0 Å². The van der Waals surface area contributed by atoms with Gasteiger partial charge in [-0.05, 0) is 45.6 Å². The van der Waals surface area contributed by atoms with Crippen molar-refractivity contribution in [2.45, 2.75) is 44.8 Å². The Labute approximate surface area is 74.6 Å². The summed E-state index contributed by atoms with van der Waals surface area (Å²) < 4.78 is 0. The van der Waals surface area contributed by atoms with Crippen LogP contribution in [0.1, 0.15) is 33.1 Å². The van der Waals surface area contributed by atoms with Gasteiger partial charge in [0.05, 0.1) is 5.60 Å². The average molecular weight is 169 g/mol. The lowest BCUT2D eigenvalue weighted by atomic mass is 10.1. The number of nitrogens with zero attached hydrogens (tertiary/aromatic N) is 1. The molecule has 1 N–H and O–H groups in total. The van der Waals surface area contributed by atoms with Crippen molar-refractivity contribution in [1.29, 1.82) is 0 Å². The molecular weight excluding hydrogens is 150 g/mol. The number of rotatable bonds is 2. The molecule has 1 saturated heterocycles. The fourth-order valence-electron chi connectivity index (χ4n) is 2.40. The van der Waals surface area contributed by atoms with Gasteiger partial charge in [0.25, 0.3) is 0 Å². The summed E-state index contributed by atoms with van der Waals surface area (Å²) in [5, 5.41) is 9.66.